The van der Waals surface area contributed by atoms with Gasteiger partial charge in [-0.1, -0.05) is 37.6 Å². The standard InChI is InChI=1S/C22H27N3O/c1-6-8-9-15(3)10-16(4)20(7-2)21-11-18-14-24-22(25-17(5)26)12-19(18)13-23-21/h7,10-14H,3,6,8-9H2,1-2,4-5H3,(H,24,25,26)/b16-10-,20-7+. The van der Waals surface area contributed by atoms with E-state index in [0.717, 1.165) is 46.0 Å². The molecule has 1 amide bonds. The third kappa shape index (κ3) is 5.12. The number of fused-ring (bicyclic) bond motifs is 1. The second-order valence-corrected chi connectivity index (χ2v) is 6.46. The summed E-state index contributed by atoms with van der Waals surface area (Å²) < 4.78 is 0. The molecule has 2 aromatic heterocycles. The second-order valence-electron chi connectivity index (χ2n) is 6.46. The molecule has 26 heavy (non-hydrogen) atoms. The van der Waals surface area contributed by atoms with E-state index in [4.69, 9.17) is 0 Å². The Bertz CT molecular complexity index is 878. The Morgan fingerprint density at radius 1 is 1.19 bits per heavy atom. The van der Waals surface area contributed by atoms with Crippen LogP contribution in [-0.4, -0.2) is 15.9 Å². The van der Waals surface area contributed by atoms with Gasteiger partial charge in [-0.15, -0.1) is 0 Å². The van der Waals surface area contributed by atoms with Crippen molar-refractivity contribution in [1.29, 1.82) is 0 Å². The SMILES string of the molecule is C=C(/C=C(C)\C(=C/C)c1cc2cnc(NC(C)=O)cc2cn1)CCCC. The first kappa shape index (κ1) is 19.6. The fourth-order valence-corrected chi connectivity index (χ4v) is 2.87. The highest BCUT2D eigenvalue weighted by Gasteiger charge is 2.08. The summed E-state index contributed by atoms with van der Waals surface area (Å²) in [6.07, 6.45) is 11.2. The van der Waals surface area contributed by atoms with Gasteiger partial charge in [-0.3, -0.25) is 9.78 Å². The number of aromatic nitrogens is 2. The van der Waals surface area contributed by atoms with Gasteiger partial charge in [-0.25, -0.2) is 4.98 Å². The van der Waals surface area contributed by atoms with Crippen LogP contribution in [0.1, 0.15) is 52.7 Å². The summed E-state index contributed by atoms with van der Waals surface area (Å²) in [4.78, 5) is 20.1. The summed E-state index contributed by atoms with van der Waals surface area (Å²) >= 11 is 0. The van der Waals surface area contributed by atoms with Gasteiger partial charge in [-0.05, 0) is 50.0 Å². The van der Waals surface area contributed by atoms with Crippen molar-refractivity contribution in [2.75, 3.05) is 5.32 Å². The lowest BCUT2D eigenvalue weighted by molar-refractivity contribution is -0.114. The number of nitrogens with zero attached hydrogens (tertiary/aromatic N) is 2. The van der Waals surface area contributed by atoms with Crippen molar-refractivity contribution in [3.8, 4) is 0 Å². The predicted molar refractivity (Wildman–Crippen MR) is 110 cm³/mol. The molecule has 0 aliphatic heterocycles. The number of anilines is 1. The first-order chi connectivity index (χ1) is 12.4. The van der Waals surface area contributed by atoms with Gasteiger partial charge in [0.1, 0.15) is 5.82 Å². The van der Waals surface area contributed by atoms with Gasteiger partial charge < -0.3 is 5.32 Å². The largest absolute Gasteiger partial charge is 0.311 e. The van der Waals surface area contributed by atoms with Crippen molar-refractivity contribution in [3.05, 3.63) is 60.1 Å². The average molecular weight is 349 g/mol. The van der Waals surface area contributed by atoms with Crippen LogP contribution in [0.4, 0.5) is 5.82 Å². The molecule has 2 aromatic rings. The van der Waals surface area contributed by atoms with E-state index in [0.29, 0.717) is 5.82 Å². The normalized spacial score (nSPS) is 12.3. The quantitative estimate of drug-likeness (QED) is 0.654. The molecule has 136 valence electrons. The number of amides is 1. The monoisotopic (exact) mass is 349 g/mol. The van der Waals surface area contributed by atoms with Crippen LogP contribution in [-0.2, 0) is 4.79 Å². The first-order valence-electron chi connectivity index (χ1n) is 9.01. The second kappa shape index (κ2) is 9.09. The van der Waals surface area contributed by atoms with Crippen LogP contribution in [0.15, 0.2) is 54.4 Å². The number of rotatable bonds is 7. The Hall–Kier alpha value is -2.75. The molecule has 0 spiro atoms. The van der Waals surface area contributed by atoms with E-state index in [9.17, 15) is 4.79 Å². The molecule has 2 heterocycles. The highest BCUT2D eigenvalue weighted by atomic mass is 16.1. The average Bonchev–Trinajstić information content (AvgIpc) is 2.60. The van der Waals surface area contributed by atoms with E-state index in [1.54, 1.807) is 6.20 Å². The van der Waals surface area contributed by atoms with Crippen LogP contribution in [0.5, 0.6) is 0 Å². The Morgan fingerprint density at radius 2 is 1.88 bits per heavy atom. The number of carbonyl (C=O) groups excluding carboxylic acids is 1. The van der Waals surface area contributed by atoms with Gasteiger partial charge in [0.2, 0.25) is 5.91 Å². The van der Waals surface area contributed by atoms with E-state index in [2.05, 4.69) is 47.9 Å². The van der Waals surface area contributed by atoms with Crippen molar-refractivity contribution >= 4 is 28.1 Å². The molecule has 0 aromatic carbocycles. The molecule has 4 heteroatoms. The molecule has 0 aliphatic carbocycles. The van der Waals surface area contributed by atoms with Crippen molar-refractivity contribution in [2.24, 2.45) is 0 Å². The lowest BCUT2D eigenvalue weighted by Crippen LogP contribution is -2.07. The number of unbranched alkanes of at least 4 members (excludes halogenated alkanes) is 1. The Balaban J connectivity index is 2.30. The molecule has 0 unspecified atom stereocenters. The van der Waals surface area contributed by atoms with Gasteiger partial charge >= 0.3 is 0 Å². The fraction of sp³-hybridized carbons (Fsp3) is 0.318. The molecule has 2 rings (SSSR count). The van der Waals surface area contributed by atoms with Crippen LogP contribution in [0, 0.1) is 0 Å². The van der Waals surface area contributed by atoms with Crippen LogP contribution in [0.3, 0.4) is 0 Å². The molecule has 0 atom stereocenters. The zero-order chi connectivity index (χ0) is 19.1. The Labute approximate surface area is 155 Å². The topological polar surface area (TPSA) is 54.9 Å². The molecular formula is C22H27N3O. The Morgan fingerprint density at radius 3 is 2.54 bits per heavy atom. The molecule has 0 fully saturated rings. The minimum Gasteiger partial charge on any atom is -0.311 e. The number of hydrogen-bond acceptors (Lipinski definition) is 3. The van der Waals surface area contributed by atoms with E-state index in [-0.39, 0.29) is 5.91 Å². The summed E-state index contributed by atoms with van der Waals surface area (Å²) in [5, 5.41) is 4.62. The maximum Gasteiger partial charge on any atom is 0.222 e. The highest BCUT2D eigenvalue weighted by Crippen LogP contribution is 2.26. The van der Waals surface area contributed by atoms with Crippen LogP contribution < -0.4 is 5.32 Å². The summed E-state index contributed by atoms with van der Waals surface area (Å²) in [5.74, 6) is 0.399. The zero-order valence-electron chi connectivity index (χ0n) is 16.1. The number of pyridine rings is 2. The van der Waals surface area contributed by atoms with E-state index in [1.807, 2.05) is 25.3 Å². The molecule has 1 N–H and O–H groups in total. The van der Waals surface area contributed by atoms with Crippen molar-refractivity contribution in [2.45, 2.75) is 47.0 Å². The lowest BCUT2D eigenvalue weighted by atomic mass is 9.98. The first-order valence-corrected chi connectivity index (χ1v) is 9.01. The fourth-order valence-electron chi connectivity index (χ4n) is 2.87. The minimum absolute atomic E-state index is 0.137. The maximum atomic E-state index is 11.2. The molecule has 0 aliphatic rings. The van der Waals surface area contributed by atoms with Gasteiger partial charge in [-0.2, -0.15) is 0 Å². The maximum absolute atomic E-state index is 11.2. The number of hydrogen-bond donors (Lipinski definition) is 1. The van der Waals surface area contributed by atoms with Gasteiger partial charge in [0.05, 0.1) is 5.69 Å². The molecule has 4 nitrogen and oxygen atoms in total. The lowest BCUT2D eigenvalue weighted by Gasteiger charge is -2.10. The minimum atomic E-state index is -0.137. The number of allylic oxidation sites excluding steroid dienone is 5. The van der Waals surface area contributed by atoms with E-state index in [1.165, 1.54) is 13.3 Å². The Kier molecular flexibility index (Phi) is 6.84. The van der Waals surface area contributed by atoms with E-state index < -0.39 is 0 Å². The summed E-state index contributed by atoms with van der Waals surface area (Å²) in [5.41, 5.74) is 4.30. The van der Waals surface area contributed by atoms with E-state index >= 15 is 0 Å². The zero-order valence-corrected chi connectivity index (χ0v) is 16.1. The molecule has 0 radical (unpaired) electrons. The smallest absolute Gasteiger partial charge is 0.222 e. The summed E-state index contributed by atoms with van der Waals surface area (Å²) in [6, 6.07) is 3.86. The van der Waals surface area contributed by atoms with Gasteiger partial charge in [0, 0.05) is 30.1 Å². The third-order valence-corrected chi connectivity index (χ3v) is 4.17. The molecule has 0 saturated carbocycles. The van der Waals surface area contributed by atoms with Crippen LogP contribution >= 0.6 is 0 Å². The molecular weight excluding hydrogens is 322 g/mol. The predicted octanol–water partition coefficient (Wildman–Crippen LogP) is 5.68. The van der Waals surface area contributed by atoms with Crippen molar-refractivity contribution in [3.63, 3.8) is 0 Å². The summed E-state index contributed by atoms with van der Waals surface area (Å²) in [7, 11) is 0. The summed E-state index contributed by atoms with van der Waals surface area (Å²) in [6.45, 7) is 11.9. The van der Waals surface area contributed by atoms with Crippen molar-refractivity contribution < 1.29 is 4.79 Å². The molecule has 0 saturated heterocycles. The molecule has 0 bridgehead atoms. The third-order valence-electron chi connectivity index (χ3n) is 4.17. The highest BCUT2D eigenvalue weighted by molar-refractivity contribution is 5.92. The van der Waals surface area contributed by atoms with Gasteiger partial charge in [0.15, 0.2) is 0 Å². The number of carbonyl (C=O) groups is 1. The van der Waals surface area contributed by atoms with Crippen molar-refractivity contribution in [1.82, 2.24) is 9.97 Å². The number of nitrogens with one attached hydrogen (secondary N) is 1. The van der Waals surface area contributed by atoms with Crippen LogP contribution in [0.25, 0.3) is 16.3 Å². The van der Waals surface area contributed by atoms with Crippen LogP contribution in [0.2, 0.25) is 0 Å². The van der Waals surface area contributed by atoms with Gasteiger partial charge in [0.25, 0.3) is 0 Å².